The van der Waals surface area contributed by atoms with Crippen molar-refractivity contribution in [3.63, 3.8) is 0 Å². The van der Waals surface area contributed by atoms with Gasteiger partial charge in [-0.15, -0.1) is 46.2 Å². The molecule has 0 unspecified atom stereocenters. The monoisotopic (exact) mass is 690 g/mol. The highest BCUT2D eigenvalue weighted by atomic mass is 32.2. The first-order chi connectivity index (χ1) is 20.8. The van der Waals surface area contributed by atoms with Gasteiger partial charge in [0.2, 0.25) is 0 Å². The van der Waals surface area contributed by atoms with Gasteiger partial charge in [0.1, 0.15) is 0 Å². The molecule has 0 saturated heterocycles. The molecule has 2 aromatic heterocycles. The van der Waals surface area contributed by atoms with Crippen molar-refractivity contribution in [3.05, 3.63) is 70.8 Å². The molecule has 0 fully saturated rings. The minimum Gasteiger partial charge on any atom is -0.462 e. The van der Waals surface area contributed by atoms with Crippen molar-refractivity contribution >= 4 is 58.1 Å². The molecule has 0 saturated carbocycles. The number of carbonyl (C=O) groups is 2. The van der Waals surface area contributed by atoms with Gasteiger partial charge in [0.15, 0.2) is 0 Å². The first-order valence-electron chi connectivity index (χ1n) is 12.9. The highest BCUT2D eigenvalue weighted by molar-refractivity contribution is 7.99. The Labute approximate surface area is 265 Å². The molecule has 44 heavy (non-hydrogen) atoms. The largest absolute Gasteiger partial charge is 0.462 e. The van der Waals surface area contributed by atoms with Crippen molar-refractivity contribution in [2.75, 3.05) is 25.7 Å². The number of benzene rings is 2. The number of alkyl halides is 6. The standard InChI is InChI=1S/C30H24F6O4S4/c1-5-39-27(37)19-21(15-11-7-9-13-17(15)29(31,32)33)43-25(23(19)41-3)26-24(42-4)20(28(38)40-6-2)22(44-26)16-12-8-10-14-18(16)30(34,35)36/h7-14H,5-6H2,1-4H3. The Morgan fingerprint density at radius 1 is 0.636 bits per heavy atom. The zero-order valence-corrected chi connectivity index (χ0v) is 26.8. The number of ether oxygens (including phenoxy) is 2. The summed E-state index contributed by atoms with van der Waals surface area (Å²) < 4.78 is 95.3. The van der Waals surface area contributed by atoms with Gasteiger partial charge in [-0.3, -0.25) is 0 Å². The van der Waals surface area contributed by atoms with Gasteiger partial charge < -0.3 is 9.47 Å². The zero-order chi connectivity index (χ0) is 32.4. The maximum atomic E-state index is 14.1. The third-order valence-electron chi connectivity index (χ3n) is 6.26. The van der Waals surface area contributed by atoms with Gasteiger partial charge in [-0.05, 0) is 38.5 Å². The SMILES string of the molecule is CCOC(=O)c1c(-c2ccccc2C(F)(F)F)sc(-c2sc(-c3ccccc3C(F)(F)F)c(C(=O)OCC)c2SC)c1SC. The van der Waals surface area contributed by atoms with E-state index in [4.69, 9.17) is 9.47 Å². The molecule has 4 rings (SSSR count). The van der Waals surface area contributed by atoms with Gasteiger partial charge >= 0.3 is 24.3 Å². The molecule has 234 valence electrons. The number of rotatable bonds is 9. The molecular formula is C30H24F6O4S4. The molecular weight excluding hydrogens is 667 g/mol. The van der Waals surface area contributed by atoms with Crippen LogP contribution < -0.4 is 0 Å². The van der Waals surface area contributed by atoms with Crippen LogP contribution in [-0.4, -0.2) is 37.7 Å². The number of carbonyl (C=O) groups excluding carboxylic acids is 2. The van der Waals surface area contributed by atoms with Crippen LogP contribution in [0.25, 0.3) is 30.6 Å². The molecule has 0 spiro atoms. The second-order valence-electron chi connectivity index (χ2n) is 8.86. The van der Waals surface area contributed by atoms with Gasteiger partial charge in [-0.25, -0.2) is 9.59 Å². The lowest BCUT2D eigenvalue weighted by Crippen LogP contribution is -2.09. The highest BCUT2D eigenvalue weighted by Crippen LogP contribution is 2.56. The third kappa shape index (κ3) is 6.53. The molecule has 14 heteroatoms. The predicted octanol–water partition coefficient (Wildman–Crippen LogP) is 10.6. The van der Waals surface area contributed by atoms with E-state index in [1.54, 1.807) is 26.4 Å². The Balaban J connectivity index is 2.14. The lowest BCUT2D eigenvalue weighted by Gasteiger charge is -2.13. The summed E-state index contributed by atoms with van der Waals surface area (Å²) in [6.45, 7) is 3.04. The molecule has 0 aliphatic carbocycles. The predicted molar refractivity (Wildman–Crippen MR) is 164 cm³/mol. The van der Waals surface area contributed by atoms with E-state index >= 15 is 0 Å². The van der Waals surface area contributed by atoms with E-state index in [1.165, 1.54) is 36.4 Å². The Kier molecular flexibility index (Phi) is 10.5. The van der Waals surface area contributed by atoms with Crippen LogP contribution in [0.5, 0.6) is 0 Å². The van der Waals surface area contributed by atoms with Crippen LogP contribution in [-0.2, 0) is 21.8 Å². The quantitative estimate of drug-likeness (QED) is 0.0990. The van der Waals surface area contributed by atoms with Gasteiger partial charge in [0.25, 0.3) is 0 Å². The molecule has 0 amide bonds. The number of halogens is 6. The number of thioether (sulfide) groups is 2. The summed E-state index contributed by atoms with van der Waals surface area (Å²) in [5.74, 6) is -1.69. The third-order valence-corrected chi connectivity index (χ3v) is 10.8. The molecule has 0 radical (unpaired) electrons. The Morgan fingerprint density at radius 2 is 0.977 bits per heavy atom. The van der Waals surface area contributed by atoms with Crippen molar-refractivity contribution in [1.29, 1.82) is 0 Å². The molecule has 0 atom stereocenters. The van der Waals surface area contributed by atoms with Crippen LogP contribution in [0.2, 0.25) is 0 Å². The van der Waals surface area contributed by atoms with Crippen LogP contribution in [0, 0.1) is 0 Å². The second-order valence-corrected chi connectivity index (χ2v) is 12.5. The van der Waals surface area contributed by atoms with Crippen molar-refractivity contribution in [2.24, 2.45) is 0 Å². The van der Waals surface area contributed by atoms with E-state index in [0.717, 1.165) is 58.3 Å². The normalized spacial score (nSPS) is 12.0. The average molecular weight is 691 g/mol. The number of thiophene rings is 2. The second kappa shape index (κ2) is 13.6. The van der Waals surface area contributed by atoms with E-state index in [-0.39, 0.29) is 55.0 Å². The van der Waals surface area contributed by atoms with Gasteiger partial charge in [-0.2, -0.15) is 26.3 Å². The summed E-state index contributed by atoms with van der Waals surface area (Å²) in [5, 5.41) is 0. The Hall–Kier alpha value is -2.94. The van der Waals surface area contributed by atoms with Crippen LogP contribution in [0.1, 0.15) is 45.7 Å². The molecule has 0 aliphatic heterocycles. The van der Waals surface area contributed by atoms with Crippen molar-refractivity contribution in [2.45, 2.75) is 36.0 Å². The molecule has 0 N–H and O–H groups in total. The van der Waals surface area contributed by atoms with Crippen LogP contribution in [0.4, 0.5) is 26.3 Å². The fourth-order valence-corrected chi connectivity index (χ4v) is 9.48. The number of hydrogen-bond donors (Lipinski definition) is 0. The Morgan fingerprint density at radius 3 is 1.27 bits per heavy atom. The maximum Gasteiger partial charge on any atom is 0.417 e. The summed E-state index contributed by atoms with van der Waals surface area (Å²) in [6, 6.07) is 9.64. The zero-order valence-electron chi connectivity index (χ0n) is 23.6. The Bertz CT molecular complexity index is 1560. The summed E-state index contributed by atoms with van der Waals surface area (Å²) in [6.07, 6.45) is -6.23. The van der Waals surface area contributed by atoms with Crippen LogP contribution >= 0.6 is 46.2 Å². The van der Waals surface area contributed by atoms with E-state index < -0.39 is 35.4 Å². The fourth-order valence-electron chi connectivity index (χ4n) is 4.53. The lowest BCUT2D eigenvalue weighted by atomic mass is 10.0. The first kappa shape index (κ1) is 33.9. The van der Waals surface area contributed by atoms with E-state index in [2.05, 4.69) is 0 Å². The maximum absolute atomic E-state index is 14.1. The summed E-state index contributed by atoms with van der Waals surface area (Å²) in [5.41, 5.74) is -2.60. The number of esters is 2. The highest BCUT2D eigenvalue weighted by Gasteiger charge is 2.39. The van der Waals surface area contributed by atoms with Crippen molar-refractivity contribution < 1.29 is 45.4 Å². The lowest BCUT2D eigenvalue weighted by molar-refractivity contribution is -0.137. The topological polar surface area (TPSA) is 52.6 Å². The van der Waals surface area contributed by atoms with Crippen LogP contribution in [0.15, 0.2) is 58.3 Å². The minimum atomic E-state index is -4.74. The molecule has 2 aromatic carbocycles. The summed E-state index contributed by atoms with van der Waals surface area (Å²) in [4.78, 5) is 27.8. The number of hydrogen-bond acceptors (Lipinski definition) is 8. The minimum absolute atomic E-state index is 0.00824. The van der Waals surface area contributed by atoms with Gasteiger partial charge in [0, 0.05) is 20.9 Å². The van der Waals surface area contributed by atoms with E-state index in [1.807, 2.05) is 0 Å². The molecule has 4 nitrogen and oxygen atoms in total. The smallest absolute Gasteiger partial charge is 0.417 e. The van der Waals surface area contributed by atoms with E-state index in [9.17, 15) is 35.9 Å². The van der Waals surface area contributed by atoms with Crippen molar-refractivity contribution in [3.8, 4) is 30.6 Å². The molecule has 4 aromatic rings. The van der Waals surface area contributed by atoms with Gasteiger partial charge in [0.05, 0.1) is 55.0 Å². The summed E-state index contributed by atoms with van der Waals surface area (Å²) >= 11 is 3.94. The first-order valence-corrected chi connectivity index (χ1v) is 17.0. The van der Waals surface area contributed by atoms with Gasteiger partial charge in [-0.1, -0.05) is 36.4 Å². The van der Waals surface area contributed by atoms with E-state index in [0.29, 0.717) is 9.75 Å². The molecule has 0 bridgehead atoms. The van der Waals surface area contributed by atoms with Crippen LogP contribution in [0.3, 0.4) is 0 Å². The molecule has 2 heterocycles. The summed E-state index contributed by atoms with van der Waals surface area (Å²) in [7, 11) is 0. The van der Waals surface area contributed by atoms with Crippen molar-refractivity contribution in [1.82, 2.24) is 0 Å². The average Bonchev–Trinajstić information content (AvgIpc) is 3.55. The molecule has 0 aliphatic rings. The fraction of sp³-hybridized carbons (Fsp3) is 0.267.